The van der Waals surface area contributed by atoms with Crippen molar-refractivity contribution in [1.82, 2.24) is 4.90 Å². The van der Waals surface area contributed by atoms with E-state index in [4.69, 9.17) is 15.2 Å². The number of ether oxygens (including phenoxy) is 2. The largest absolute Gasteiger partial charge is 0.465 e. The third-order valence-electron chi connectivity index (χ3n) is 5.23. The SMILES string of the molecule is COC(=O)c1ccc(CN(Cc2ccc(CN)cc2)Cc2ccc(C(=O)OC)cc2)cc1. The van der Waals surface area contributed by atoms with Crippen LogP contribution in [-0.4, -0.2) is 31.1 Å². The molecule has 6 heteroatoms. The molecule has 2 N–H and O–H groups in total. The first kappa shape index (κ1) is 23.2. The summed E-state index contributed by atoms with van der Waals surface area (Å²) in [5.41, 5.74) is 11.2. The lowest BCUT2D eigenvalue weighted by Crippen LogP contribution is -2.22. The first-order valence-corrected chi connectivity index (χ1v) is 10.4. The molecule has 0 amide bonds. The van der Waals surface area contributed by atoms with E-state index in [9.17, 15) is 9.59 Å². The van der Waals surface area contributed by atoms with Gasteiger partial charge in [0.15, 0.2) is 0 Å². The van der Waals surface area contributed by atoms with Crippen LogP contribution in [0.5, 0.6) is 0 Å². The van der Waals surface area contributed by atoms with Crippen molar-refractivity contribution in [2.24, 2.45) is 5.73 Å². The van der Waals surface area contributed by atoms with Gasteiger partial charge in [-0.05, 0) is 46.5 Å². The Morgan fingerprint density at radius 3 is 1.25 bits per heavy atom. The molecular weight excluding hydrogens is 404 g/mol. The molecule has 0 bridgehead atoms. The Hall–Kier alpha value is -3.48. The summed E-state index contributed by atoms with van der Waals surface area (Å²) in [6.07, 6.45) is 0. The Morgan fingerprint density at radius 2 is 0.938 bits per heavy atom. The monoisotopic (exact) mass is 432 g/mol. The number of nitrogens with two attached hydrogens (primary N) is 1. The summed E-state index contributed by atoms with van der Waals surface area (Å²) >= 11 is 0. The van der Waals surface area contributed by atoms with Crippen molar-refractivity contribution in [1.29, 1.82) is 0 Å². The van der Waals surface area contributed by atoms with Gasteiger partial charge in [-0.2, -0.15) is 0 Å². The number of rotatable bonds is 9. The van der Waals surface area contributed by atoms with Crippen LogP contribution in [0.3, 0.4) is 0 Å². The number of hydrogen-bond donors (Lipinski definition) is 1. The average molecular weight is 433 g/mol. The minimum atomic E-state index is -0.348. The van der Waals surface area contributed by atoms with Gasteiger partial charge in [-0.1, -0.05) is 48.5 Å². The molecule has 0 atom stereocenters. The van der Waals surface area contributed by atoms with Crippen molar-refractivity contribution < 1.29 is 19.1 Å². The summed E-state index contributed by atoms with van der Waals surface area (Å²) in [6.45, 7) is 2.64. The van der Waals surface area contributed by atoms with E-state index in [1.165, 1.54) is 19.8 Å². The van der Waals surface area contributed by atoms with Gasteiger partial charge in [-0.25, -0.2) is 9.59 Å². The van der Waals surface area contributed by atoms with Crippen LogP contribution in [0.1, 0.15) is 43.0 Å². The topological polar surface area (TPSA) is 81.9 Å². The van der Waals surface area contributed by atoms with Gasteiger partial charge in [0.05, 0.1) is 25.3 Å². The molecule has 3 aromatic rings. The fraction of sp³-hybridized carbons (Fsp3) is 0.231. The number of benzene rings is 3. The van der Waals surface area contributed by atoms with Gasteiger partial charge in [0.25, 0.3) is 0 Å². The van der Waals surface area contributed by atoms with Crippen LogP contribution in [0.2, 0.25) is 0 Å². The molecule has 0 aliphatic rings. The van der Waals surface area contributed by atoms with Crippen molar-refractivity contribution in [3.05, 3.63) is 106 Å². The van der Waals surface area contributed by atoms with Crippen LogP contribution in [0.15, 0.2) is 72.8 Å². The van der Waals surface area contributed by atoms with Crippen LogP contribution in [0.4, 0.5) is 0 Å². The molecule has 32 heavy (non-hydrogen) atoms. The van der Waals surface area contributed by atoms with Crippen LogP contribution < -0.4 is 5.73 Å². The highest BCUT2D eigenvalue weighted by molar-refractivity contribution is 5.89. The number of nitrogens with zero attached hydrogens (tertiary/aromatic N) is 1. The molecule has 0 heterocycles. The van der Waals surface area contributed by atoms with Crippen LogP contribution in [0.25, 0.3) is 0 Å². The summed E-state index contributed by atoms with van der Waals surface area (Å²) in [6, 6.07) is 23.2. The Morgan fingerprint density at radius 1 is 0.625 bits per heavy atom. The Balaban J connectivity index is 1.78. The Bertz CT molecular complexity index is 967. The lowest BCUT2D eigenvalue weighted by molar-refractivity contribution is 0.0592. The standard InChI is InChI=1S/C26H28N2O4/c1-31-25(29)23-11-7-21(8-12-23)17-28(16-20-5-3-19(15-27)4-6-20)18-22-9-13-24(14-10-22)26(30)32-2/h3-14H,15-18,27H2,1-2H3. The number of carbonyl (C=O) groups excluding carboxylic acids is 2. The quantitative estimate of drug-likeness (QED) is 0.516. The highest BCUT2D eigenvalue weighted by atomic mass is 16.5. The van der Waals surface area contributed by atoms with E-state index in [0.717, 1.165) is 23.2 Å². The summed E-state index contributed by atoms with van der Waals surface area (Å²) < 4.78 is 9.55. The first-order valence-electron chi connectivity index (χ1n) is 10.4. The van der Waals surface area contributed by atoms with Crippen LogP contribution in [-0.2, 0) is 35.7 Å². The van der Waals surface area contributed by atoms with Crippen molar-refractivity contribution in [2.45, 2.75) is 26.2 Å². The summed E-state index contributed by atoms with van der Waals surface area (Å²) in [5, 5.41) is 0. The molecule has 0 aromatic heterocycles. The summed E-state index contributed by atoms with van der Waals surface area (Å²) in [5.74, 6) is -0.696. The fourth-order valence-electron chi connectivity index (χ4n) is 3.45. The minimum Gasteiger partial charge on any atom is -0.465 e. The third kappa shape index (κ3) is 6.26. The zero-order valence-electron chi connectivity index (χ0n) is 18.4. The van der Waals surface area contributed by atoms with E-state index in [0.29, 0.717) is 30.8 Å². The highest BCUT2D eigenvalue weighted by Gasteiger charge is 2.12. The lowest BCUT2D eigenvalue weighted by Gasteiger charge is -2.23. The molecule has 0 aliphatic heterocycles. The molecule has 6 nitrogen and oxygen atoms in total. The predicted molar refractivity (Wildman–Crippen MR) is 123 cm³/mol. The highest BCUT2D eigenvalue weighted by Crippen LogP contribution is 2.17. The molecule has 0 unspecified atom stereocenters. The van der Waals surface area contributed by atoms with Crippen molar-refractivity contribution in [2.75, 3.05) is 14.2 Å². The molecule has 0 aliphatic carbocycles. The van der Waals surface area contributed by atoms with Gasteiger partial charge < -0.3 is 15.2 Å². The summed E-state index contributed by atoms with van der Waals surface area (Å²) in [4.78, 5) is 25.7. The number of hydrogen-bond acceptors (Lipinski definition) is 6. The maximum absolute atomic E-state index is 11.7. The molecule has 0 spiro atoms. The molecule has 0 fully saturated rings. The van der Waals surface area contributed by atoms with E-state index in [1.54, 1.807) is 24.3 Å². The zero-order valence-corrected chi connectivity index (χ0v) is 18.4. The van der Waals surface area contributed by atoms with Gasteiger partial charge in [0.1, 0.15) is 0 Å². The Labute approximate surface area is 188 Å². The fourth-order valence-corrected chi connectivity index (χ4v) is 3.45. The van der Waals surface area contributed by atoms with Crippen LogP contribution in [0, 0.1) is 0 Å². The van der Waals surface area contributed by atoms with Gasteiger partial charge in [-0.3, -0.25) is 4.90 Å². The second-order valence-corrected chi connectivity index (χ2v) is 7.54. The molecule has 3 rings (SSSR count). The van der Waals surface area contributed by atoms with Crippen molar-refractivity contribution in [3.8, 4) is 0 Å². The van der Waals surface area contributed by atoms with Gasteiger partial charge in [-0.15, -0.1) is 0 Å². The third-order valence-corrected chi connectivity index (χ3v) is 5.23. The predicted octanol–water partition coefficient (Wildman–Crippen LogP) is 3.92. The van der Waals surface area contributed by atoms with Crippen molar-refractivity contribution in [3.63, 3.8) is 0 Å². The average Bonchev–Trinajstić information content (AvgIpc) is 2.84. The molecule has 3 aromatic carbocycles. The smallest absolute Gasteiger partial charge is 0.337 e. The number of carbonyl (C=O) groups is 2. The first-order chi connectivity index (χ1) is 15.5. The molecule has 166 valence electrons. The van der Waals surface area contributed by atoms with Gasteiger partial charge in [0.2, 0.25) is 0 Å². The van der Waals surface area contributed by atoms with Crippen molar-refractivity contribution >= 4 is 11.9 Å². The normalized spacial score (nSPS) is 10.8. The van der Waals surface area contributed by atoms with Crippen LogP contribution >= 0.6 is 0 Å². The lowest BCUT2D eigenvalue weighted by atomic mass is 10.1. The van der Waals surface area contributed by atoms with E-state index < -0.39 is 0 Å². The van der Waals surface area contributed by atoms with Gasteiger partial charge >= 0.3 is 11.9 Å². The maximum atomic E-state index is 11.7. The molecule has 0 saturated heterocycles. The zero-order chi connectivity index (χ0) is 22.9. The van der Waals surface area contributed by atoms with E-state index in [2.05, 4.69) is 17.0 Å². The van der Waals surface area contributed by atoms with Gasteiger partial charge in [0, 0.05) is 26.2 Å². The molecule has 0 radical (unpaired) electrons. The number of esters is 2. The number of methoxy groups -OCH3 is 2. The van der Waals surface area contributed by atoms with E-state index in [1.807, 2.05) is 36.4 Å². The second kappa shape index (κ2) is 11.2. The summed E-state index contributed by atoms with van der Waals surface area (Å²) in [7, 11) is 2.75. The van der Waals surface area contributed by atoms with E-state index in [-0.39, 0.29) is 11.9 Å². The second-order valence-electron chi connectivity index (χ2n) is 7.54. The molecular formula is C26H28N2O4. The maximum Gasteiger partial charge on any atom is 0.337 e. The molecule has 0 saturated carbocycles. The Kier molecular flexibility index (Phi) is 8.14. The van der Waals surface area contributed by atoms with E-state index >= 15 is 0 Å². The minimum absolute atomic E-state index is 0.348.